The van der Waals surface area contributed by atoms with Crippen molar-refractivity contribution in [3.05, 3.63) is 32.9 Å². The number of thioether (sulfide) groups is 1. The average Bonchev–Trinajstić information content (AvgIpc) is 2.95. The highest BCUT2D eigenvalue weighted by Gasteiger charge is 2.18. The highest BCUT2D eigenvalue weighted by Crippen LogP contribution is 2.34. The van der Waals surface area contributed by atoms with Crippen LogP contribution < -0.4 is 11.4 Å². The zero-order chi connectivity index (χ0) is 13.1. The smallest absolute Gasteiger partial charge is 0.329 e. The van der Waals surface area contributed by atoms with Gasteiger partial charge in [-0.2, -0.15) is 11.3 Å². The molecule has 2 rings (SSSR count). The molecule has 0 saturated carbocycles. The Labute approximate surface area is 113 Å². The largest absolute Gasteiger partial charge is 0.344 e. The molecular weight excluding hydrogens is 268 g/mol. The van der Waals surface area contributed by atoms with Crippen LogP contribution in [0.5, 0.6) is 0 Å². The molecule has 18 heavy (non-hydrogen) atoms. The topological polar surface area (TPSA) is 76.7 Å². The van der Waals surface area contributed by atoms with Gasteiger partial charge in [-0.15, -0.1) is 5.10 Å². The molecule has 0 fully saturated rings. The van der Waals surface area contributed by atoms with E-state index in [0.717, 1.165) is 0 Å². The van der Waals surface area contributed by atoms with Crippen molar-refractivity contribution in [2.24, 2.45) is 5.73 Å². The van der Waals surface area contributed by atoms with Gasteiger partial charge in [0.05, 0.1) is 5.25 Å². The van der Waals surface area contributed by atoms with Gasteiger partial charge in [0.25, 0.3) is 0 Å². The quantitative estimate of drug-likeness (QED) is 0.823. The number of nitrogens with zero attached hydrogens (tertiary/aromatic N) is 2. The highest BCUT2D eigenvalue weighted by molar-refractivity contribution is 7.99. The molecule has 5 nitrogen and oxygen atoms in total. The third-order valence-electron chi connectivity index (χ3n) is 2.57. The van der Waals surface area contributed by atoms with Crippen LogP contribution in [-0.4, -0.2) is 21.3 Å². The average molecular weight is 284 g/mol. The Balaban J connectivity index is 2.25. The molecule has 0 bridgehead atoms. The molecule has 0 radical (unpaired) electrons. The van der Waals surface area contributed by atoms with Crippen LogP contribution in [0.1, 0.15) is 30.7 Å². The summed E-state index contributed by atoms with van der Waals surface area (Å²) in [6.07, 6.45) is 0. The SMILES string of the molecule is CC(C)n1c(SC(CN)c2ccsc2)n[nH]c1=O. The van der Waals surface area contributed by atoms with Crippen molar-refractivity contribution in [2.45, 2.75) is 30.3 Å². The molecule has 0 aliphatic carbocycles. The maximum Gasteiger partial charge on any atom is 0.344 e. The summed E-state index contributed by atoms with van der Waals surface area (Å²) in [5, 5.41) is 11.5. The van der Waals surface area contributed by atoms with Crippen LogP contribution in [0.2, 0.25) is 0 Å². The van der Waals surface area contributed by atoms with E-state index >= 15 is 0 Å². The predicted octanol–water partition coefficient (Wildman–Crippen LogP) is 2.01. The summed E-state index contributed by atoms with van der Waals surface area (Å²) in [5.41, 5.74) is 6.81. The molecule has 7 heteroatoms. The van der Waals surface area contributed by atoms with Gasteiger partial charge in [0.2, 0.25) is 0 Å². The second-order valence-electron chi connectivity index (χ2n) is 4.17. The van der Waals surface area contributed by atoms with Gasteiger partial charge in [0.15, 0.2) is 5.16 Å². The van der Waals surface area contributed by atoms with Crippen LogP contribution in [0.25, 0.3) is 0 Å². The van der Waals surface area contributed by atoms with Gasteiger partial charge in [-0.05, 0) is 36.2 Å². The normalized spacial score (nSPS) is 13.1. The number of rotatable bonds is 5. The van der Waals surface area contributed by atoms with Crippen molar-refractivity contribution in [1.29, 1.82) is 0 Å². The lowest BCUT2D eigenvalue weighted by atomic mass is 10.2. The van der Waals surface area contributed by atoms with E-state index in [1.807, 2.05) is 19.2 Å². The molecule has 98 valence electrons. The van der Waals surface area contributed by atoms with Gasteiger partial charge in [-0.1, -0.05) is 11.8 Å². The molecule has 2 heterocycles. The lowest BCUT2D eigenvalue weighted by Gasteiger charge is -2.14. The van der Waals surface area contributed by atoms with Crippen molar-refractivity contribution in [3.8, 4) is 0 Å². The van der Waals surface area contributed by atoms with E-state index in [1.165, 1.54) is 17.3 Å². The predicted molar refractivity (Wildman–Crippen MR) is 75.2 cm³/mol. The Morgan fingerprint density at radius 2 is 2.39 bits per heavy atom. The lowest BCUT2D eigenvalue weighted by Crippen LogP contribution is -2.20. The second-order valence-corrected chi connectivity index (χ2v) is 6.12. The third-order valence-corrected chi connectivity index (χ3v) is 4.51. The first kappa shape index (κ1) is 13.4. The molecule has 1 atom stereocenters. The summed E-state index contributed by atoms with van der Waals surface area (Å²) in [6, 6.07) is 2.14. The molecule has 2 aromatic heterocycles. The number of aromatic amines is 1. The van der Waals surface area contributed by atoms with Crippen molar-refractivity contribution < 1.29 is 0 Å². The number of H-pyrrole nitrogens is 1. The van der Waals surface area contributed by atoms with Gasteiger partial charge in [-0.25, -0.2) is 9.89 Å². The van der Waals surface area contributed by atoms with Gasteiger partial charge in [0.1, 0.15) is 0 Å². The van der Waals surface area contributed by atoms with Crippen LogP contribution in [0.15, 0.2) is 26.8 Å². The summed E-state index contributed by atoms with van der Waals surface area (Å²) in [5.74, 6) is 0. The Morgan fingerprint density at radius 3 is 2.94 bits per heavy atom. The molecular formula is C11H16N4OS2. The van der Waals surface area contributed by atoms with Crippen LogP contribution in [-0.2, 0) is 0 Å². The number of hydrogen-bond donors (Lipinski definition) is 2. The Hall–Kier alpha value is -1.05. The van der Waals surface area contributed by atoms with Crippen molar-refractivity contribution in [3.63, 3.8) is 0 Å². The maximum atomic E-state index is 11.6. The molecule has 3 N–H and O–H groups in total. The molecule has 0 spiro atoms. The molecule has 1 unspecified atom stereocenters. The van der Waals surface area contributed by atoms with E-state index in [9.17, 15) is 4.79 Å². The van der Waals surface area contributed by atoms with E-state index in [2.05, 4.69) is 21.6 Å². The van der Waals surface area contributed by atoms with Crippen LogP contribution in [0.4, 0.5) is 0 Å². The van der Waals surface area contributed by atoms with E-state index in [0.29, 0.717) is 11.7 Å². The lowest BCUT2D eigenvalue weighted by molar-refractivity contribution is 0.533. The van der Waals surface area contributed by atoms with Crippen molar-refractivity contribution in [1.82, 2.24) is 14.8 Å². The number of nitrogens with two attached hydrogens (primary N) is 1. The van der Waals surface area contributed by atoms with Crippen LogP contribution >= 0.6 is 23.1 Å². The number of aromatic nitrogens is 3. The van der Waals surface area contributed by atoms with Gasteiger partial charge < -0.3 is 5.73 Å². The Kier molecular flexibility index (Phi) is 4.26. The first-order valence-electron chi connectivity index (χ1n) is 5.69. The Morgan fingerprint density at radius 1 is 1.61 bits per heavy atom. The standard InChI is InChI=1S/C11H16N4OS2/c1-7(2)15-10(16)13-14-11(15)18-9(5-12)8-3-4-17-6-8/h3-4,6-7,9H,5,12H2,1-2H3,(H,13,16). The zero-order valence-electron chi connectivity index (χ0n) is 10.3. The summed E-state index contributed by atoms with van der Waals surface area (Å²) in [6.45, 7) is 4.44. The fourth-order valence-corrected chi connectivity index (χ4v) is 3.61. The molecule has 0 saturated heterocycles. The van der Waals surface area contributed by atoms with E-state index in [1.54, 1.807) is 15.9 Å². The van der Waals surface area contributed by atoms with Crippen LogP contribution in [0.3, 0.4) is 0 Å². The second kappa shape index (κ2) is 5.73. The fraction of sp³-hybridized carbons (Fsp3) is 0.455. The molecule has 0 aliphatic rings. The summed E-state index contributed by atoms with van der Waals surface area (Å²) in [4.78, 5) is 11.6. The van der Waals surface area contributed by atoms with Gasteiger partial charge in [0, 0.05) is 12.6 Å². The fourth-order valence-electron chi connectivity index (χ4n) is 1.67. The van der Waals surface area contributed by atoms with Crippen molar-refractivity contribution in [2.75, 3.05) is 6.54 Å². The number of nitrogens with one attached hydrogen (secondary N) is 1. The monoisotopic (exact) mass is 284 g/mol. The van der Waals surface area contributed by atoms with Crippen LogP contribution in [0, 0.1) is 0 Å². The minimum atomic E-state index is -0.173. The molecule has 0 aromatic carbocycles. The van der Waals surface area contributed by atoms with E-state index in [4.69, 9.17) is 5.73 Å². The van der Waals surface area contributed by atoms with Crippen molar-refractivity contribution >= 4 is 23.1 Å². The first-order chi connectivity index (χ1) is 8.63. The molecule has 0 aliphatic heterocycles. The minimum absolute atomic E-state index is 0.0830. The summed E-state index contributed by atoms with van der Waals surface area (Å²) in [7, 11) is 0. The van der Waals surface area contributed by atoms with Gasteiger partial charge in [-0.3, -0.25) is 4.57 Å². The van der Waals surface area contributed by atoms with E-state index < -0.39 is 0 Å². The first-order valence-corrected chi connectivity index (χ1v) is 7.51. The van der Waals surface area contributed by atoms with E-state index in [-0.39, 0.29) is 17.0 Å². The number of thiophene rings is 1. The molecule has 0 amide bonds. The van der Waals surface area contributed by atoms with Gasteiger partial charge >= 0.3 is 5.69 Å². The minimum Gasteiger partial charge on any atom is -0.329 e. The molecule has 2 aromatic rings. The zero-order valence-corrected chi connectivity index (χ0v) is 11.9. The summed E-state index contributed by atoms with van der Waals surface area (Å²) < 4.78 is 1.65. The maximum absolute atomic E-state index is 11.6. The Bertz CT molecular complexity index is 544. The third kappa shape index (κ3) is 2.68. The highest BCUT2D eigenvalue weighted by atomic mass is 32.2. The number of hydrogen-bond acceptors (Lipinski definition) is 5. The summed E-state index contributed by atoms with van der Waals surface area (Å²) >= 11 is 3.17.